The van der Waals surface area contributed by atoms with Crippen LogP contribution in [0.2, 0.25) is 0 Å². The first-order valence-corrected chi connectivity index (χ1v) is 4.99. The second kappa shape index (κ2) is 8.14. The van der Waals surface area contributed by atoms with Gasteiger partial charge in [-0.1, -0.05) is 6.58 Å². The molecule has 0 aromatic rings. The molecule has 0 heterocycles. The maximum atomic E-state index is 10.9. The van der Waals surface area contributed by atoms with Crippen molar-refractivity contribution in [1.82, 2.24) is 5.32 Å². The van der Waals surface area contributed by atoms with E-state index in [9.17, 15) is 14.4 Å². The minimum absolute atomic E-state index is 0.115. The second-order valence-electron chi connectivity index (χ2n) is 3.25. The van der Waals surface area contributed by atoms with E-state index >= 15 is 0 Å². The number of urea groups is 1. The van der Waals surface area contributed by atoms with E-state index in [1.54, 1.807) is 12.2 Å². The molecule has 0 fully saturated rings. The molecule has 3 amide bonds. The minimum Gasteiger partial charge on any atom is -0.462 e. The Morgan fingerprint density at radius 3 is 2.18 bits per heavy atom. The number of hydrogen-bond donors (Lipinski definition) is 2. The van der Waals surface area contributed by atoms with Gasteiger partial charge in [0, 0.05) is 5.57 Å². The van der Waals surface area contributed by atoms with Crippen LogP contribution in [0.25, 0.3) is 0 Å². The number of nitrogens with two attached hydrogens (primary N) is 1. The number of hydrogen-bond acceptors (Lipinski definition) is 5. The Bertz CT molecular complexity index is 314. The summed E-state index contributed by atoms with van der Waals surface area (Å²) in [4.78, 5) is 31.9. The molecule has 0 saturated heterocycles. The quantitative estimate of drug-likeness (QED) is 0.406. The predicted octanol–water partition coefficient (Wildman–Crippen LogP) is 0.691. The first-order chi connectivity index (χ1) is 7.93. The monoisotopic (exact) mass is 244 g/mol. The third-order valence-corrected chi connectivity index (χ3v) is 1.58. The van der Waals surface area contributed by atoms with Crippen LogP contribution in [0.1, 0.15) is 19.8 Å². The molecule has 0 aliphatic carbocycles. The number of amides is 3. The zero-order valence-corrected chi connectivity index (χ0v) is 9.65. The Balaban J connectivity index is 3.41. The molecule has 7 nitrogen and oxygen atoms in total. The Hall–Kier alpha value is -2.05. The number of esters is 1. The Morgan fingerprint density at radius 2 is 1.71 bits per heavy atom. The van der Waals surface area contributed by atoms with Gasteiger partial charge in [-0.3, -0.25) is 0 Å². The highest BCUT2D eigenvalue weighted by Gasteiger charge is 2.05. The number of nitrogens with one attached hydrogen (secondary N) is 1. The Kier molecular flexibility index (Phi) is 7.16. The van der Waals surface area contributed by atoms with Crippen molar-refractivity contribution in [2.75, 3.05) is 13.2 Å². The van der Waals surface area contributed by atoms with Crippen LogP contribution in [0.15, 0.2) is 12.2 Å². The van der Waals surface area contributed by atoms with Crippen molar-refractivity contribution in [3.05, 3.63) is 12.2 Å². The van der Waals surface area contributed by atoms with Crippen molar-refractivity contribution in [3.8, 4) is 0 Å². The first kappa shape index (κ1) is 14.9. The molecule has 0 bridgehead atoms. The van der Waals surface area contributed by atoms with Crippen molar-refractivity contribution in [3.63, 3.8) is 0 Å². The molecule has 96 valence electrons. The van der Waals surface area contributed by atoms with E-state index in [2.05, 4.69) is 11.3 Å². The van der Waals surface area contributed by atoms with Gasteiger partial charge in [-0.2, -0.15) is 0 Å². The van der Waals surface area contributed by atoms with E-state index < -0.39 is 18.1 Å². The summed E-state index contributed by atoms with van der Waals surface area (Å²) in [5.74, 6) is -0.447. The number of primary amides is 1. The smallest absolute Gasteiger partial charge is 0.415 e. The van der Waals surface area contributed by atoms with Crippen LogP contribution in [-0.4, -0.2) is 31.3 Å². The molecule has 0 spiro atoms. The minimum atomic E-state index is -0.967. The normalized spacial score (nSPS) is 9.24. The highest BCUT2D eigenvalue weighted by molar-refractivity contribution is 5.89. The van der Waals surface area contributed by atoms with Gasteiger partial charge in [0.1, 0.15) is 0 Å². The lowest BCUT2D eigenvalue weighted by molar-refractivity contribution is -0.139. The molecule has 0 aromatic carbocycles. The summed E-state index contributed by atoms with van der Waals surface area (Å²) in [7, 11) is 0. The SMILES string of the molecule is C=C(C)C(=O)OCCCCOC(=O)NC(N)=O. The van der Waals surface area contributed by atoms with Crippen LogP contribution in [0.5, 0.6) is 0 Å². The summed E-state index contributed by atoms with van der Waals surface area (Å²) < 4.78 is 9.40. The van der Waals surface area contributed by atoms with Gasteiger partial charge < -0.3 is 15.2 Å². The highest BCUT2D eigenvalue weighted by atomic mass is 16.6. The van der Waals surface area contributed by atoms with Gasteiger partial charge in [0.05, 0.1) is 13.2 Å². The molecule has 0 aliphatic heterocycles. The molecule has 0 saturated carbocycles. The molecule has 0 rings (SSSR count). The van der Waals surface area contributed by atoms with E-state index in [0.29, 0.717) is 18.4 Å². The number of imide groups is 1. The van der Waals surface area contributed by atoms with Crippen LogP contribution < -0.4 is 11.1 Å². The second-order valence-corrected chi connectivity index (χ2v) is 3.25. The molecular weight excluding hydrogens is 228 g/mol. The largest absolute Gasteiger partial charge is 0.462 e. The van der Waals surface area contributed by atoms with Crippen LogP contribution in [0, 0.1) is 0 Å². The summed E-state index contributed by atoms with van der Waals surface area (Å²) in [6, 6.07) is -0.967. The maximum absolute atomic E-state index is 10.9. The topological polar surface area (TPSA) is 108 Å². The molecule has 3 N–H and O–H groups in total. The zero-order valence-electron chi connectivity index (χ0n) is 9.65. The van der Waals surface area contributed by atoms with Gasteiger partial charge in [-0.15, -0.1) is 0 Å². The summed E-state index contributed by atoms with van der Waals surface area (Å²) in [5, 5.41) is 1.75. The van der Waals surface area contributed by atoms with Crippen molar-refractivity contribution in [2.45, 2.75) is 19.8 Å². The molecular formula is C10H16N2O5. The lowest BCUT2D eigenvalue weighted by atomic mass is 10.3. The van der Waals surface area contributed by atoms with Crippen molar-refractivity contribution < 1.29 is 23.9 Å². The van der Waals surface area contributed by atoms with Gasteiger partial charge in [-0.25, -0.2) is 19.7 Å². The molecule has 0 radical (unpaired) electrons. The third-order valence-electron chi connectivity index (χ3n) is 1.58. The lowest BCUT2D eigenvalue weighted by Crippen LogP contribution is -2.35. The van der Waals surface area contributed by atoms with Crippen LogP contribution >= 0.6 is 0 Å². The lowest BCUT2D eigenvalue weighted by Gasteiger charge is -2.05. The number of carbonyl (C=O) groups excluding carboxylic acids is 3. The van der Waals surface area contributed by atoms with E-state index in [1.807, 2.05) is 0 Å². The summed E-state index contributed by atoms with van der Waals surface area (Å²) in [6.45, 7) is 5.32. The number of ether oxygens (including phenoxy) is 2. The summed E-state index contributed by atoms with van der Waals surface area (Å²) >= 11 is 0. The van der Waals surface area contributed by atoms with Crippen LogP contribution in [-0.2, 0) is 14.3 Å². The van der Waals surface area contributed by atoms with Crippen molar-refractivity contribution >= 4 is 18.1 Å². The average Bonchev–Trinajstić information content (AvgIpc) is 2.21. The number of rotatable bonds is 6. The molecule has 0 aliphatic rings. The van der Waals surface area contributed by atoms with Crippen LogP contribution in [0.4, 0.5) is 9.59 Å². The van der Waals surface area contributed by atoms with Crippen molar-refractivity contribution in [2.24, 2.45) is 5.73 Å². The molecule has 17 heavy (non-hydrogen) atoms. The van der Waals surface area contributed by atoms with E-state index in [4.69, 9.17) is 10.5 Å². The fourth-order valence-electron chi connectivity index (χ4n) is 0.794. The van der Waals surface area contributed by atoms with Crippen LogP contribution in [0.3, 0.4) is 0 Å². The van der Waals surface area contributed by atoms with Gasteiger partial charge in [0.25, 0.3) is 0 Å². The third kappa shape index (κ3) is 8.91. The molecule has 7 heteroatoms. The van der Waals surface area contributed by atoms with Gasteiger partial charge in [0.15, 0.2) is 0 Å². The summed E-state index contributed by atoms with van der Waals surface area (Å²) in [5.41, 5.74) is 5.03. The first-order valence-electron chi connectivity index (χ1n) is 4.99. The Labute approximate surface area is 98.9 Å². The molecule has 0 atom stereocenters. The predicted molar refractivity (Wildman–Crippen MR) is 59.1 cm³/mol. The van der Waals surface area contributed by atoms with Gasteiger partial charge >= 0.3 is 18.1 Å². The fraction of sp³-hybridized carbons (Fsp3) is 0.500. The van der Waals surface area contributed by atoms with Crippen molar-refractivity contribution in [1.29, 1.82) is 0 Å². The highest BCUT2D eigenvalue weighted by Crippen LogP contribution is 1.96. The number of alkyl carbamates (subject to hydrolysis) is 1. The molecule has 0 aromatic heterocycles. The van der Waals surface area contributed by atoms with Gasteiger partial charge in [0.2, 0.25) is 0 Å². The maximum Gasteiger partial charge on any atom is 0.415 e. The summed E-state index contributed by atoms with van der Waals surface area (Å²) in [6.07, 6.45) is 0.162. The zero-order chi connectivity index (χ0) is 13.3. The van der Waals surface area contributed by atoms with E-state index in [-0.39, 0.29) is 13.2 Å². The van der Waals surface area contributed by atoms with Gasteiger partial charge in [-0.05, 0) is 19.8 Å². The number of unbranched alkanes of at least 4 members (excludes halogenated alkanes) is 1. The average molecular weight is 244 g/mol. The van der Waals surface area contributed by atoms with E-state index in [0.717, 1.165) is 0 Å². The number of carbonyl (C=O) groups is 3. The van der Waals surface area contributed by atoms with E-state index in [1.165, 1.54) is 0 Å². The molecule has 0 unspecified atom stereocenters. The Morgan fingerprint density at radius 1 is 1.18 bits per heavy atom. The fourth-order valence-corrected chi connectivity index (χ4v) is 0.794. The standard InChI is InChI=1S/C10H16N2O5/c1-7(2)8(13)16-5-3-4-6-17-10(15)12-9(11)14/h1,3-6H2,2H3,(H3,11,12,14,15).